The summed E-state index contributed by atoms with van der Waals surface area (Å²) in [6, 6.07) is 0. The Labute approximate surface area is 85.5 Å². The molecule has 1 fully saturated rings. The smallest absolute Gasteiger partial charge is 0.308 e. The first-order valence-corrected chi connectivity index (χ1v) is 5.44. The minimum atomic E-state index is -0.793. The molecule has 1 rings (SSSR count). The predicted octanol–water partition coefficient (Wildman–Crippen LogP) is 1.88. The molecule has 0 bridgehead atoms. The lowest BCUT2D eigenvalue weighted by molar-refractivity contribution is -0.150. The second kappa shape index (κ2) is 4.78. The molecule has 0 aromatic heterocycles. The zero-order chi connectivity index (χ0) is 10.6. The quantitative estimate of drug-likeness (QED) is 0.707. The lowest BCUT2D eigenvalue weighted by Crippen LogP contribution is -2.36. The highest BCUT2D eigenvalue weighted by Gasteiger charge is 2.34. The predicted molar refractivity (Wildman–Crippen MR) is 53.8 cm³/mol. The zero-order valence-electron chi connectivity index (χ0n) is 9.08. The van der Waals surface area contributed by atoms with Gasteiger partial charge in [-0.25, -0.2) is 0 Å². The SMILES string of the molecule is CCOC(=O)CC1(O)CCC(C)CC1. The highest BCUT2D eigenvalue weighted by molar-refractivity contribution is 5.70. The van der Waals surface area contributed by atoms with Crippen LogP contribution in [0.5, 0.6) is 0 Å². The summed E-state index contributed by atoms with van der Waals surface area (Å²) in [5.41, 5.74) is -0.793. The van der Waals surface area contributed by atoms with Crippen molar-refractivity contribution in [1.82, 2.24) is 0 Å². The number of esters is 1. The maximum Gasteiger partial charge on any atom is 0.308 e. The summed E-state index contributed by atoms with van der Waals surface area (Å²) >= 11 is 0. The molecule has 1 saturated carbocycles. The van der Waals surface area contributed by atoms with Crippen LogP contribution in [0.3, 0.4) is 0 Å². The first kappa shape index (κ1) is 11.5. The van der Waals surface area contributed by atoms with E-state index >= 15 is 0 Å². The van der Waals surface area contributed by atoms with Gasteiger partial charge in [0.2, 0.25) is 0 Å². The molecule has 14 heavy (non-hydrogen) atoms. The molecule has 0 spiro atoms. The van der Waals surface area contributed by atoms with Crippen LogP contribution in [0.4, 0.5) is 0 Å². The number of rotatable bonds is 3. The topological polar surface area (TPSA) is 46.5 Å². The summed E-state index contributed by atoms with van der Waals surface area (Å²) in [7, 11) is 0. The summed E-state index contributed by atoms with van der Waals surface area (Å²) in [6.45, 7) is 4.36. The molecular weight excluding hydrogens is 180 g/mol. The number of hydrogen-bond donors (Lipinski definition) is 1. The number of carbonyl (C=O) groups excluding carboxylic acids is 1. The zero-order valence-corrected chi connectivity index (χ0v) is 9.08. The van der Waals surface area contributed by atoms with Crippen LogP contribution in [0.15, 0.2) is 0 Å². The fraction of sp³-hybridized carbons (Fsp3) is 0.909. The van der Waals surface area contributed by atoms with Crippen molar-refractivity contribution in [3.05, 3.63) is 0 Å². The lowest BCUT2D eigenvalue weighted by atomic mass is 9.78. The molecule has 0 unspecified atom stereocenters. The summed E-state index contributed by atoms with van der Waals surface area (Å²) in [6.07, 6.45) is 3.64. The molecule has 1 aliphatic carbocycles. The van der Waals surface area contributed by atoms with Gasteiger partial charge in [-0.2, -0.15) is 0 Å². The molecule has 0 amide bonds. The van der Waals surface area contributed by atoms with Crippen molar-refractivity contribution in [3.63, 3.8) is 0 Å². The van der Waals surface area contributed by atoms with Crippen LogP contribution in [0.25, 0.3) is 0 Å². The van der Waals surface area contributed by atoms with E-state index < -0.39 is 5.60 Å². The van der Waals surface area contributed by atoms with Crippen molar-refractivity contribution in [2.45, 2.75) is 51.6 Å². The van der Waals surface area contributed by atoms with E-state index in [9.17, 15) is 9.90 Å². The third-order valence-corrected chi connectivity index (χ3v) is 2.98. The molecule has 3 heteroatoms. The van der Waals surface area contributed by atoms with E-state index in [2.05, 4.69) is 6.92 Å². The standard InChI is InChI=1S/C11H20O3/c1-3-14-10(12)8-11(13)6-4-9(2)5-7-11/h9,13H,3-8H2,1-2H3. The number of aliphatic hydroxyl groups is 1. The third kappa shape index (κ3) is 3.29. The van der Waals surface area contributed by atoms with Gasteiger partial charge in [-0.1, -0.05) is 6.92 Å². The Morgan fingerprint density at radius 3 is 2.57 bits per heavy atom. The maximum absolute atomic E-state index is 11.2. The molecule has 3 nitrogen and oxygen atoms in total. The van der Waals surface area contributed by atoms with Crippen molar-refractivity contribution >= 4 is 5.97 Å². The highest BCUT2D eigenvalue weighted by Crippen LogP contribution is 2.34. The van der Waals surface area contributed by atoms with E-state index in [0.717, 1.165) is 25.7 Å². The first-order chi connectivity index (χ1) is 6.56. The van der Waals surface area contributed by atoms with Crippen LogP contribution < -0.4 is 0 Å². The van der Waals surface area contributed by atoms with Gasteiger partial charge in [-0.05, 0) is 38.5 Å². The van der Waals surface area contributed by atoms with Crippen LogP contribution in [-0.4, -0.2) is 23.3 Å². The largest absolute Gasteiger partial charge is 0.466 e. The van der Waals surface area contributed by atoms with Crippen LogP contribution in [0, 0.1) is 5.92 Å². The molecular formula is C11H20O3. The molecule has 0 heterocycles. The summed E-state index contributed by atoms with van der Waals surface area (Å²) in [5, 5.41) is 10.1. The van der Waals surface area contributed by atoms with Gasteiger partial charge >= 0.3 is 5.97 Å². The van der Waals surface area contributed by atoms with E-state index in [-0.39, 0.29) is 12.4 Å². The minimum Gasteiger partial charge on any atom is -0.466 e. The fourth-order valence-electron chi connectivity index (χ4n) is 1.96. The Kier molecular flexibility index (Phi) is 3.93. The van der Waals surface area contributed by atoms with Gasteiger partial charge in [0.15, 0.2) is 0 Å². The van der Waals surface area contributed by atoms with E-state index in [1.165, 1.54) is 0 Å². The molecule has 1 aliphatic rings. The summed E-state index contributed by atoms with van der Waals surface area (Å²) in [4.78, 5) is 11.2. The molecule has 0 atom stereocenters. The highest BCUT2D eigenvalue weighted by atomic mass is 16.5. The molecule has 0 aromatic rings. The average molecular weight is 200 g/mol. The molecule has 0 saturated heterocycles. The van der Waals surface area contributed by atoms with Gasteiger partial charge in [0.25, 0.3) is 0 Å². The summed E-state index contributed by atoms with van der Waals surface area (Å²) < 4.78 is 4.84. The normalized spacial score (nSPS) is 32.6. The number of carbonyl (C=O) groups is 1. The minimum absolute atomic E-state index is 0.160. The average Bonchev–Trinajstić information content (AvgIpc) is 2.11. The van der Waals surface area contributed by atoms with Gasteiger partial charge in [-0.3, -0.25) is 4.79 Å². The van der Waals surface area contributed by atoms with Gasteiger partial charge in [-0.15, -0.1) is 0 Å². The molecule has 0 aliphatic heterocycles. The van der Waals surface area contributed by atoms with E-state index in [0.29, 0.717) is 12.5 Å². The molecule has 0 aromatic carbocycles. The van der Waals surface area contributed by atoms with Crippen molar-refractivity contribution in [2.75, 3.05) is 6.61 Å². The Hall–Kier alpha value is -0.570. The van der Waals surface area contributed by atoms with Crippen molar-refractivity contribution < 1.29 is 14.6 Å². The molecule has 1 N–H and O–H groups in total. The van der Waals surface area contributed by atoms with Crippen molar-refractivity contribution in [1.29, 1.82) is 0 Å². The number of hydrogen-bond acceptors (Lipinski definition) is 3. The Balaban J connectivity index is 2.38. The van der Waals surface area contributed by atoms with Crippen LogP contribution >= 0.6 is 0 Å². The van der Waals surface area contributed by atoms with Crippen molar-refractivity contribution in [3.8, 4) is 0 Å². The van der Waals surface area contributed by atoms with Crippen molar-refractivity contribution in [2.24, 2.45) is 5.92 Å². The first-order valence-electron chi connectivity index (χ1n) is 5.44. The second-order valence-corrected chi connectivity index (χ2v) is 4.39. The maximum atomic E-state index is 11.2. The van der Waals surface area contributed by atoms with Gasteiger partial charge < -0.3 is 9.84 Å². The Bertz CT molecular complexity index is 193. The monoisotopic (exact) mass is 200 g/mol. The van der Waals surface area contributed by atoms with E-state index in [1.54, 1.807) is 6.92 Å². The summed E-state index contributed by atoms with van der Waals surface area (Å²) in [5.74, 6) is 0.405. The van der Waals surface area contributed by atoms with E-state index in [4.69, 9.17) is 4.74 Å². The lowest BCUT2D eigenvalue weighted by Gasteiger charge is -2.33. The van der Waals surface area contributed by atoms with E-state index in [1.807, 2.05) is 0 Å². The molecule has 0 radical (unpaired) electrons. The third-order valence-electron chi connectivity index (χ3n) is 2.98. The fourth-order valence-corrected chi connectivity index (χ4v) is 1.96. The molecule has 82 valence electrons. The second-order valence-electron chi connectivity index (χ2n) is 4.39. The van der Waals surface area contributed by atoms with Crippen LogP contribution in [0.2, 0.25) is 0 Å². The van der Waals surface area contributed by atoms with Crippen LogP contribution in [-0.2, 0) is 9.53 Å². The van der Waals surface area contributed by atoms with Gasteiger partial charge in [0, 0.05) is 0 Å². The Morgan fingerprint density at radius 2 is 2.07 bits per heavy atom. The van der Waals surface area contributed by atoms with Gasteiger partial charge in [0.05, 0.1) is 18.6 Å². The number of ether oxygens (including phenoxy) is 1. The van der Waals surface area contributed by atoms with Gasteiger partial charge in [0.1, 0.15) is 0 Å². The Morgan fingerprint density at radius 1 is 1.50 bits per heavy atom. The van der Waals surface area contributed by atoms with Crippen LogP contribution in [0.1, 0.15) is 46.0 Å².